The van der Waals surface area contributed by atoms with Gasteiger partial charge < -0.3 is 10.3 Å². The van der Waals surface area contributed by atoms with Crippen molar-refractivity contribution in [2.45, 2.75) is 33.4 Å². The lowest BCUT2D eigenvalue weighted by Crippen LogP contribution is -2.23. The van der Waals surface area contributed by atoms with E-state index in [-0.39, 0.29) is 11.5 Å². The Morgan fingerprint density at radius 2 is 2.00 bits per heavy atom. The molecule has 1 aromatic carbocycles. The second-order valence-electron chi connectivity index (χ2n) is 5.64. The first-order valence-corrected chi connectivity index (χ1v) is 9.38. The van der Waals surface area contributed by atoms with Gasteiger partial charge in [0.25, 0.3) is 11.5 Å². The largest absolute Gasteiger partial charge is 0.347 e. The highest BCUT2D eigenvalue weighted by molar-refractivity contribution is 7.71. The predicted octanol–water partition coefficient (Wildman–Crippen LogP) is 3.63. The first kappa shape index (κ1) is 17.6. The maximum Gasteiger partial charge on any atom is 0.262 e. The Balaban J connectivity index is 1.84. The van der Waals surface area contributed by atoms with Crippen LogP contribution in [0, 0.1) is 4.77 Å². The predicted molar refractivity (Wildman–Crippen MR) is 104 cm³/mol. The van der Waals surface area contributed by atoms with Gasteiger partial charge in [-0.3, -0.25) is 14.2 Å². The van der Waals surface area contributed by atoms with Crippen LogP contribution in [0.15, 0.2) is 35.1 Å². The molecule has 0 aliphatic heterocycles. The van der Waals surface area contributed by atoms with Gasteiger partial charge in [-0.25, -0.2) is 0 Å². The van der Waals surface area contributed by atoms with E-state index in [1.165, 1.54) is 9.44 Å². The van der Waals surface area contributed by atoms with Crippen LogP contribution in [-0.2, 0) is 19.5 Å². The quantitative estimate of drug-likeness (QED) is 0.671. The zero-order chi connectivity index (χ0) is 18.0. The summed E-state index contributed by atoms with van der Waals surface area (Å²) in [5.41, 5.74) is 0.940. The van der Waals surface area contributed by atoms with Crippen LogP contribution in [0.4, 0.5) is 0 Å². The number of nitrogens with zero attached hydrogens (tertiary/aromatic N) is 1. The third kappa shape index (κ3) is 3.57. The lowest BCUT2D eigenvalue weighted by Gasteiger charge is -2.08. The van der Waals surface area contributed by atoms with Crippen LogP contribution in [0.2, 0.25) is 0 Å². The molecule has 2 heterocycles. The van der Waals surface area contributed by atoms with Crippen molar-refractivity contribution in [3.63, 3.8) is 0 Å². The highest BCUT2D eigenvalue weighted by Crippen LogP contribution is 2.17. The van der Waals surface area contributed by atoms with Crippen molar-refractivity contribution >= 4 is 40.4 Å². The van der Waals surface area contributed by atoms with E-state index < -0.39 is 0 Å². The Morgan fingerprint density at radius 3 is 2.68 bits per heavy atom. The molecule has 3 rings (SSSR count). The topological polar surface area (TPSA) is 66.9 Å². The van der Waals surface area contributed by atoms with E-state index in [4.69, 9.17) is 12.2 Å². The van der Waals surface area contributed by atoms with Crippen LogP contribution in [0.25, 0.3) is 10.9 Å². The number of rotatable bonds is 5. The van der Waals surface area contributed by atoms with Gasteiger partial charge in [-0.2, -0.15) is 0 Å². The number of fused-ring (bicyclic) bond motifs is 1. The summed E-state index contributed by atoms with van der Waals surface area (Å²) in [4.78, 5) is 30.2. The summed E-state index contributed by atoms with van der Waals surface area (Å²) < 4.78 is 1.86. The molecule has 0 spiro atoms. The molecule has 0 aliphatic carbocycles. The molecule has 2 aromatic heterocycles. The van der Waals surface area contributed by atoms with E-state index in [1.54, 1.807) is 29.5 Å². The van der Waals surface area contributed by atoms with E-state index in [1.807, 2.05) is 13.0 Å². The summed E-state index contributed by atoms with van der Waals surface area (Å²) >= 11 is 6.91. The molecule has 25 heavy (non-hydrogen) atoms. The van der Waals surface area contributed by atoms with E-state index in [0.717, 1.165) is 11.3 Å². The van der Waals surface area contributed by atoms with Crippen LogP contribution in [-0.4, -0.2) is 15.5 Å². The zero-order valence-electron chi connectivity index (χ0n) is 14.1. The van der Waals surface area contributed by atoms with Gasteiger partial charge in [-0.05, 0) is 55.9 Å². The van der Waals surface area contributed by atoms with Gasteiger partial charge >= 0.3 is 0 Å². The van der Waals surface area contributed by atoms with Crippen LogP contribution >= 0.6 is 23.6 Å². The third-order valence-electron chi connectivity index (χ3n) is 4.05. The summed E-state index contributed by atoms with van der Waals surface area (Å²) in [6.45, 7) is 4.98. The maximum absolute atomic E-state index is 12.4. The molecular weight excluding hydrogens is 354 g/mol. The number of amides is 1. The Labute approximate surface area is 154 Å². The monoisotopic (exact) mass is 373 g/mol. The van der Waals surface area contributed by atoms with Crippen molar-refractivity contribution in [2.24, 2.45) is 0 Å². The second-order valence-corrected chi connectivity index (χ2v) is 7.28. The summed E-state index contributed by atoms with van der Waals surface area (Å²) in [5, 5.41) is 3.44. The Kier molecular flexibility index (Phi) is 5.15. The average molecular weight is 374 g/mol. The van der Waals surface area contributed by atoms with Crippen LogP contribution in [0.3, 0.4) is 0 Å². The molecule has 0 saturated carbocycles. The number of thiophene rings is 1. The molecule has 1 amide bonds. The number of aromatic amines is 1. The van der Waals surface area contributed by atoms with Crippen molar-refractivity contribution in [1.82, 2.24) is 14.9 Å². The van der Waals surface area contributed by atoms with E-state index >= 15 is 0 Å². The van der Waals surface area contributed by atoms with Gasteiger partial charge in [-0.1, -0.05) is 6.92 Å². The molecular formula is C18H19N3O2S2. The van der Waals surface area contributed by atoms with Gasteiger partial charge in [0.1, 0.15) is 0 Å². The number of hydrogen-bond acceptors (Lipinski definition) is 4. The number of hydrogen-bond donors (Lipinski definition) is 2. The maximum atomic E-state index is 12.4. The molecule has 0 bridgehead atoms. The van der Waals surface area contributed by atoms with Crippen LogP contribution in [0.1, 0.15) is 34.0 Å². The smallest absolute Gasteiger partial charge is 0.262 e. The summed E-state index contributed by atoms with van der Waals surface area (Å²) in [6.07, 6.45) is 0.998. The molecule has 0 aliphatic rings. The number of H-pyrrole nitrogens is 1. The van der Waals surface area contributed by atoms with Gasteiger partial charge in [0.15, 0.2) is 4.77 Å². The van der Waals surface area contributed by atoms with Crippen molar-refractivity contribution < 1.29 is 4.79 Å². The fraction of sp³-hybridized carbons (Fsp3) is 0.278. The van der Waals surface area contributed by atoms with Gasteiger partial charge in [0, 0.05) is 21.9 Å². The summed E-state index contributed by atoms with van der Waals surface area (Å²) in [6, 6.07) is 9.13. The number of aryl methyl sites for hydroxylation is 1. The Hall–Kier alpha value is -2.25. The molecule has 0 radical (unpaired) electrons. The first-order chi connectivity index (χ1) is 12.0. The van der Waals surface area contributed by atoms with Crippen LogP contribution in [0.5, 0.6) is 0 Å². The second kappa shape index (κ2) is 7.33. The molecule has 7 heteroatoms. The minimum atomic E-state index is -0.174. The molecule has 0 fully saturated rings. The minimum Gasteiger partial charge on any atom is -0.347 e. The third-order valence-corrected chi connectivity index (χ3v) is 5.60. The number of nitrogens with one attached hydrogen (secondary N) is 2. The molecule has 3 aromatic rings. The van der Waals surface area contributed by atoms with Crippen LogP contribution < -0.4 is 10.9 Å². The van der Waals surface area contributed by atoms with Crippen molar-refractivity contribution in [3.05, 3.63) is 60.8 Å². The molecule has 5 nitrogen and oxygen atoms in total. The standard InChI is InChI=1S/C18H19N3O2S2/c1-3-12-6-7-13(25-12)10-19-16(22)11-5-8-14-15(9-11)20-18(24)21(4-2)17(14)23/h5-9H,3-4,10H2,1-2H3,(H,19,22)(H,20,24). The molecule has 0 unspecified atom stereocenters. The minimum absolute atomic E-state index is 0.140. The van der Waals surface area contributed by atoms with Crippen molar-refractivity contribution in [1.29, 1.82) is 0 Å². The SMILES string of the molecule is CCc1ccc(CNC(=O)c2ccc3c(=O)n(CC)c(=S)[nH]c3c2)s1. The Morgan fingerprint density at radius 1 is 1.24 bits per heavy atom. The highest BCUT2D eigenvalue weighted by atomic mass is 32.1. The fourth-order valence-electron chi connectivity index (χ4n) is 2.66. The van der Waals surface area contributed by atoms with E-state index in [0.29, 0.717) is 34.3 Å². The zero-order valence-corrected chi connectivity index (χ0v) is 15.7. The molecule has 2 N–H and O–H groups in total. The Bertz CT molecular complexity index is 1050. The normalized spacial score (nSPS) is 11.0. The van der Waals surface area contributed by atoms with E-state index in [9.17, 15) is 9.59 Å². The molecule has 0 saturated heterocycles. The number of aromatic nitrogens is 2. The lowest BCUT2D eigenvalue weighted by atomic mass is 10.1. The lowest BCUT2D eigenvalue weighted by molar-refractivity contribution is 0.0951. The number of carbonyl (C=O) groups excluding carboxylic acids is 1. The summed E-state index contributed by atoms with van der Waals surface area (Å²) in [7, 11) is 0. The van der Waals surface area contributed by atoms with Gasteiger partial charge in [0.2, 0.25) is 0 Å². The fourth-order valence-corrected chi connectivity index (χ4v) is 3.88. The average Bonchev–Trinajstić information content (AvgIpc) is 3.07. The highest BCUT2D eigenvalue weighted by Gasteiger charge is 2.10. The molecule has 130 valence electrons. The van der Waals surface area contributed by atoms with Crippen molar-refractivity contribution in [3.8, 4) is 0 Å². The molecule has 0 atom stereocenters. The number of benzene rings is 1. The van der Waals surface area contributed by atoms with Gasteiger partial charge in [-0.15, -0.1) is 11.3 Å². The van der Waals surface area contributed by atoms with Crippen molar-refractivity contribution in [2.75, 3.05) is 0 Å². The van der Waals surface area contributed by atoms with E-state index in [2.05, 4.69) is 23.3 Å². The summed E-state index contributed by atoms with van der Waals surface area (Å²) in [5.74, 6) is -0.174. The number of carbonyl (C=O) groups is 1. The van der Waals surface area contributed by atoms with Gasteiger partial charge in [0.05, 0.1) is 17.4 Å². The first-order valence-electron chi connectivity index (χ1n) is 8.16.